The molecule has 0 aliphatic carbocycles. The maximum atomic E-state index is 11.7. The summed E-state index contributed by atoms with van der Waals surface area (Å²) in [7, 11) is 0. The number of hydrazine groups is 1. The average Bonchev–Trinajstić information content (AvgIpc) is 2.60. The third-order valence-electron chi connectivity index (χ3n) is 2.09. The molecule has 0 unspecified atom stereocenters. The SMILES string of the molecule is O=C(OO)ONN1C(=O)c2ccccc2C1=O. The van der Waals surface area contributed by atoms with Crippen LogP contribution in [0, 0.1) is 0 Å². The highest BCUT2D eigenvalue weighted by Crippen LogP contribution is 2.20. The number of rotatable bonds is 2. The molecule has 0 saturated carbocycles. The summed E-state index contributed by atoms with van der Waals surface area (Å²) in [5, 5.41) is 8.40. The maximum Gasteiger partial charge on any atom is 0.561 e. The summed E-state index contributed by atoms with van der Waals surface area (Å²) in [6.45, 7) is 0. The van der Waals surface area contributed by atoms with E-state index in [0.29, 0.717) is 5.01 Å². The Morgan fingerprint density at radius 2 is 1.71 bits per heavy atom. The summed E-state index contributed by atoms with van der Waals surface area (Å²) >= 11 is 0. The summed E-state index contributed by atoms with van der Waals surface area (Å²) < 4.78 is 0. The van der Waals surface area contributed by atoms with Crippen molar-refractivity contribution in [3.8, 4) is 0 Å². The van der Waals surface area contributed by atoms with Gasteiger partial charge in [0.2, 0.25) is 0 Å². The van der Waals surface area contributed by atoms with Crippen molar-refractivity contribution in [1.82, 2.24) is 10.6 Å². The fraction of sp³-hybridized carbons (Fsp3) is 0. The Kier molecular flexibility index (Phi) is 2.73. The number of nitrogens with zero attached hydrogens (tertiary/aromatic N) is 1. The lowest BCUT2D eigenvalue weighted by Gasteiger charge is -2.12. The van der Waals surface area contributed by atoms with Crippen LogP contribution < -0.4 is 5.59 Å². The van der Waals surface area contributed by atoms with Gasteiger partial charge in [0, 0.05) is 0 Å². The van der Waals surface area contributed by atoms with Crippen molar-refractivity contribution in [3.05, 3.63) is 35.4 Å². The Morgan fingerprint density at radius 1 is 1.18 bits per heavy atom. The molecule has 1 aliphatic rings. The number of amides is 2. The standard InChI is InChI=1S/C9H6N2O6/c12-7-5-3-1-2-4-6(5)8(13)11(7)10-16-9(14)17-15/h1-4,10,15H. The second-order valence-electron chi connectivity index (χ2n) is 3.03. The summed E-state index contributed by atoms with van der Waals surface area (Å²) in [5.74, 6) is -1.34. The zero-order valence-corrected chi connectivity index (χ0v) is 8.25. The normalized spacial score (nSPS) is 13.6. The second kappa shape index (κ2) is 4.20. The molecule has 1 aliphatic heterocycles. The number of imide groups is 1. The lowest BCUT2D eigenvalue weighted by atomic mass is 10.1. The first kappa shape index (κ1) is 11.0. The molecular weight excluding hydrogens is 232 g/mol. The van der Waals surface area contributed by atoms with E-state index in [1.165, 1.54) is 12.1 Å². The molecule has 8 heteroatoms. The van der Waals surface area contributed by atoms with Crippen molar-refractivity contribution < 1.29 is 29.4 Å². The molecule has 0 saturated heterocycles. The minimum Gasteiger partial charge on any atom is -0.315 e. The molecule has 2 N–H and O–H groups in total. The number of carbonyl (C=O) groups excluding carboxylic acids is 3. The molecule has 0 fully saturated rings. The van der Waals surface area contributed by atoms with Crippen LogP contribution in [-0.4, -0.2) is 28.2 Å². The van der Waals surface area contributed by atoms with Gasteiger partial charge in [-0.05, 0) is 17.7 Å². The fourth-order valence-electron chi connectivity index (χ4n) is 1.37. The largest absolute Gasteiger partial charge is 0.561 e. The molecule has 2 rings (SSSR count). The number of carbonyl (C=O) groups is 3. The van der Waals surface area contributed by atoms with E-state index >= 15 is 0 Å². The summed E-state index contributed by atoms with van der Waals surface area (Å²) in [6, 6.07) is 6.11. The molecule has 0 atom stereocenters. The zero-order chi connectivity index (χ0) is 12.4. The van der Waals surface area contributed by atoms with Crippen LogP contribution in [0.1, 0.15) is 20.7 Å². The van der Waals surface area contributed by atoms with Gasteiger partial charge in [-0.2, -0.15) is 15.1 Å². The number of nitrogens with one attached hydrogen (secondary N) is 1. The molecular formula is C9H6N2O6. The summed E-state index contributed by atoms with van der Waals surface area (Å²) in [6.07, 6.45) is -1.50. The van der Waals surface area contributed by atoms with Crippen LogP contribution in [0.4, 0.5) is 4.79 Å². The Labute approximate surface area is 94.2 Å². The first-order chi connectivity index (χ1) is 8.15. The monoisotopic (exact) mass is 238 g/mol. The van der Waals surface area contributed by atoms with E-state index in [9.17, 15) is 14.4 Å². The van der Waals surface area contributed by atoms with Gasteiger partial charge in [-0.25, -0.2) is 0 Å². The van der Waals surface area contributed by atoms with E-state index in [2.05, 4.69) is 9.73 Å². The van der Waals surface area contributed by atoms with Gasteiger partial charge >= 0.3 is 6.16 Å². The van der Waals surface area contributed by atoms with E-state index in [-0.39, 0.29) is 11.1 Å². The van der Waals surface area contributed by atoms with Crippen LogP contribution in [0.15, 0.2) is 24.3 Å². The number of hydrogen-bond donors (Lipinski definition) is 2. The minimum atomic E-state index is -1.50. The molecule has 1 aromatic rings. The van der Waals surface area contributed by atoms with Gasteiger partial charge in [-0.1, -0.05) is 12.1 Å². The average molecular weight is 238 g/mol. The highest BCUT2D eigenvalue weighted by molar-refractivity contribution is 6.20. The second-order valence-corrected chi connectivity index (χ2v) is 3.03. The van der Waals surface area contributed by atoms with E-state index < -0.39 is 18.0 Å². The topological polar surface area (TPSA) is 105 Å². The van der Waals surface area contributed by atoms with E-state index in [1.54, 1.807) is 17.7 Å². The number of fused-ring (bicyclic) bond motifs is 1. The highest BCUT2D eigenvalue weighted by atomic mass is 17.2. The van der Waals surface area contributed by atoms with E-state index in [1.807, 2.05) is 0 Å². The molecule has 2 amide bonds. The fourth-order valence-corrected chi connectivity index (χ4v) is 1.37. The lowest BCUT2D eigenvalue weighted by molar-refractivity contribution is -0.212. The molecule has 88 valence electrons. The van der Waals surface area contributed by atoms with Crippen LogP contribution in [0.25, 0.3) is 0 Å². The van der Waals surface area contributed by atoms with Crippen molar-refractivity contribution in [1.29, 1.82) is 0 Å². The first-order valence-corrected chi connectivity index (χ1v) is 4.41. The molecule has 17 heavy (non-hydrogen) atoms. The van der Waals surface area contributed by atoms with Gasteiger partial charge in [0.1, 0.15) is 0 Å². The lowest BCUT2D eigenvalue weighted by Crippen LogP contribution is -2.43. The van der Waals surface area contributed by atoms with Gasteiger partial charge in [0.15, 0.2) is 0 Å². The molecule has 0 radical (unpaired) electrons. The van der Waals surface area contributed by atoms with Gasteiger partial charge in [0.05, 0.1) is 11.1 Å². The highest BCUT2D eigenvalue weighted by Gasteiger charge is 2.36. The van der Waals surface area contributed by atoms with Gasteiger partial charge < -0.3 is 4.84 Å². The Morgan fingerprint density at radius 3 is 2.18 bits per heavy atom. The Hall–Kier alpha value is -2.45. The van der Waals surface area contributed by atoms with Crippen molar-refractivity contribution in [2.45, 2.75) is 0 Å². The molecule has 1 heterocycles. The third-order valence-corrected chi connectivity index (χ3v) is 2.09. The minimum absolute atomic E-state index is 0.186. The summed E-state index contributed by atoms with van der Waals surface area (Å²) in [4.78, 5) is 41.0. The van der Waals surface area contributed by atoms with Crippen molar-refractivity contribution in [3.63, 3.8) is 0 Å². The van der Waals surface area contributed by atoms with Gasteiger partial charge in [0.25, 0.3) is 11.8 Å². The molecule has 8 nitrogen and oxygen atoms in total. The first-order valence-electron chi connectivity index (χ1n) is 4.41. The predicted molar refractivity (Wildman–Crippen MR) is 50.3 cm³/mol. The van der Waals surface area contributed by atoms with Gasteiger partial charge in [-0.3, -0.25) is 14.5 Å². The van der Waals surface area contributed by atoms with Crippen LogP contribution >= 0.6 is 0 Å². The Bertz CT molecular complexity index is 465. The van der Waals surface area contributed by atoms with Crippen molar-refractivity contribution in [2.24, 2.45) is 0 Å². The van der Waals surface area contributed by atoms with Crippen molar-refractivity contribution >= 4 is 18.0 Å². The molecule has 0 spiro atoms. The van der Waals surface area contributed by atoms with E-state index in [0.717, 1.165) is 0 Å². The molecule has 1 aromatic carbocycles. The number of hydrogen-bond acceptors (Lipinski definition) is 7. The summed E-state index contributed by atoms with van der Waals surface area (Å²) in [5.41, 5.74) is 2.15. The third kappa shape index (κ3) is 1.82. The Balaban J connectivity index is 2.16. The van der Waals surface area contributed by atoms with Crippen molar-refractivity contribution in [2.75, 3.05) is 0 Å². The van der Waals surface area contributed by atoms with Crippen LogP contribution in [0.2, 0.25) is 0 Å². The van der Waals surface area contributed by atoms with Crippen LogP contribution in [0.5, 0.6) is 0 Å². The van der Waals surface area contributed by atoms with E-state index in [4.69, 9.17) is 5.26 Å². The molecule has 0 bridgehead atoms. The smallest absolute Gasteiger partial charge is 0.315 e. The maximum absolute atomic E-state index is 11.7. The number of benzene rings is 1. The van der Waals surface area contributed by atoms with Crippen LogP contribution in [0.3, 0.4) is 0 Å². The quantitative estimate of drug-likeness (QED) is 0.434. The van der Waals surface area contributed by atoms with Gasteiger partial charge in [-0.15, -0.1) is 0 Å². The predicted octanol–water partition coefficient (Wildman–Crippen LogP) is 0.328. The zero-order valence-electron chi connectivity index (χ0n) is 8.25. The van der Waals surface area contributed by atoms with Crippen LogP contribution in [-0.2, 0) is 9.73 Å². The molecule has 0 aromatic heterocycles.